The van der Waals surface area contributed by atoms with Crippen molar-refractivity contribution in [3.63, 3.8) is 0 Å². The number of carbonyl (C=O) groups excluding carboxylic acids is 1. The maximum atomic E-state index is 13.0. The van der Waals surface area contributed by atoms with Crippen LogP contribution in [0, 0.1) is 11.8 Å². The molecule has 1 saturated heterocycles. The molecule has 1 amide bonds. The molecule has 1 aliphatic carbocycles. The SMILES string of the molecule is CC1CCCN(C(=O)C2CCC(F)(F)CC2)C1. The lowest BCUT2D eigenvalue weighted by Gasteiger charge is -2.36. The Balaban J connectivity index is 1.88. The predicted molar refractivity (Wildman–Crippen MR) is 61.9 cm³/mol. The Morgan fingerprint density at radius 3 is 2.47 bits per heavy atom. The molecule has 0 aromatic rings. The molecular formula is C13H21F2NO. The van der Waals surface area contributed by atoms with Gasteiger partial charge < -0.3 is 4.90 Å². The van der Waals surface area contributed by atoms with Crippen molar-refractivity contribution < 1.29 is 13.6 Å². The number of rotatable bonds is 1. The molecule has 0 spiro atoms. The first-order valence-electron chi connectivity index (χ1n) is 6.64. The van der Waals surface area contributed by atoms with E-state index in [0.717, 1.165) is 19.5 Å². The molecule has 2 rings (SSSR count). The summed E-state index contributed by atoms with van der Waals surface area (Å²) in [6.45, 7) is 3.77. The lowest BCUT2D eigenvalue weighted by atomic mass is 9.85. The summed E-state index contributed by atoms with van der Waals surface area (Å²) in [5, 5.41) is 0. The quantitative estimate of drug-likeness (QED) is 0.695. The third-order valence-electron chi connectivity index (χ3n) is 4.04. The lowest BCUT2D eigenvalue weighted by molar-refractivity contribution is -0.141. The van der Waals surface area contributed by atoms with Crippen LogP contribution in [-0.4, -0.2) is 29.8 Å². The average Bonchev–Trinajstić information content (AvgIpc) is 2.28. The standard InChI is InChI=1S/C13H21F2NO/c1-10-3-2-8-16(9-10)12(17)11-4-6-13(14,15)7-5-11/h10-11H,2-9H2,1H3. The van der Waals surface area contributed by atoms with E-state index in [0.29, 0.717) is 18.8 Å². The highest BCUT2D eigenvalue weighted by Crippen LogP contribution is 2.37. The molecule has 1 aliphatic heterocycles. The fourth-order valence-corrected chi connectivity index (χ4v) is 2.93. The molecule has 2 nitrogen and oxygen atoms in total. The van der Waals surface area contributed by atoms with Crippen molar-refractivity contribution in [3.8, 4) is 0 Å². The Kier molecular flexibility index (Phi) is 3.69. The fourth-order valence-electron chi connectivity index (χ4n) is 2.93. The van der Waals surface area contributed by atoms with E-state index in [1.165, 1.54) is 6.42 Å². The van der Waals surface area contributed by atoms with E-state index in [4.69, 9.17) is 0 Å². The molecule has 98 valence electrons. The second-order valence-electron chi connectivity index (χ2n) is 5.66. The van der Waals surface area contributed by atoms with Crippen LogP contribution in [0.3, 0.4) is 0 Å². The first-order chi connectivity index (χ1) is 7.98. The van der Waals surface area contributed by atoms with Crippen molar-refractivity contribution in [3.05, 3.63) is 0 Å². The van der Waals surface area contributed by atoms with E-state index in [-0.39, 0.29) is 24.7 Å². The van der Waals surface area contributed by atoms with Crippen LogP contribution in [0.25, 0.3) is 0 Å². The largest absolute Gasteiger partial charge is 0.342 e. The van der Waals surface area contributed by atoms with Gasteiger partial charge in [0.15, 0.2) is 0 Å². The van der Waals surface area contributed by atoms with Gasteiger partial charge in [0.25, 0.3) is 0 Å². The van der Waals surface area contributed by atoms with Crippen LogP contribution in [0.1, 0.15) is 45.4 Å². The molecule has 0 N–H and O–H groups in total. The molecule has 4 heteroatoms. The molecule has 0 radical (unpaired) electrons. The molecule has 0 bridgehead atoms. The number of hydrogen-bond donors (Lipinski definition) is 0. The summed E-state index contributed by atoms with van der Waals surface area (Å²) in [7, 11) is 0. The summed E-state index contributed by atoms with van der Waals surface area (Å²) in [6, 6.07) is 0. The van der Waals surface area contributed by atoms with Crippen LogP contribution in [-0.2, 0) is 4.79 Å². The summed E-state index contributed by atoms with van der Waals surface area (Å²) >= 11 is 0. The highest BCUT2D eigenvalue weighted by atomic mass is 19.3. The molecule has 0 aromatic carbocycles. The molecule has 1 heterocycles. The fraction of sp³-hybridized carbons (Fsp3) is 0.923. The number of amides is 1. The minimum Gasteiger partial charge on any atom is -0.342 e. The Labute approximate surface area is 101 Å². The van der Waals surface area contributed by atoms with E-state index in [9.17, 15) is 13.6 Å². The van der Waals surface area contributed by atoms with Crippen molar-refractivity contribution in [2.75, 3.05) is 13.1 Å². The van der Waals surface area contributed by atoms with Gasteiger partial charge in [-0.25, -0.2) is 8.78 Å². The zero-order valence-electron chi connectivity index (χ0n) is 10.4. The summed E-state index contributed by atoms with van der Waals surface area (Å²) in [4.78, 5) is 14.1. The van der Waals surface area contributed by atoms with Gasteiger partial charge in [-0.2, -0.15) is 0 Å². The summed E-state index contributed by atoms with van der Waals surface area (Å²) in [5.41, 5.74) is 0. The summed E-state index contributed by atoms with van der Waals surface area (Å²) < 4.78 is 26.0. The van der Waals surface area contributed by atoms with Crippen LogP contribution < -0.4 is 0 Å². The van der Waals surface area contributed by atoms with Gasteiger partial charge in [-0.1, -0.05) is 6.92 Å². The minimum atomic E-state index is -2.54. The first kappa shape index (κ1) is 12.8. The van der Waals surface area contributed by atoms with Crippen LogP contribution in [0.5, 0.6) is 0 Å². The third kappa shape index (κ3) is 3.17. The Morgan fingerprint density at radius 1 is 1.24 bits per heavy atom. The van der Waals surface area contributed by atoms with Gasteiger partial charge in [0.05, 0.1) is 0 Å². The molecule has 1 atom stereocenters. The molecular weight excluding hydrogens is 224 g/mol. The van der Waals surface area contributed by atoms with E-state index in [1.807, 2.05) is 4.90 Å². The van der Waals surface area contributed by atoms with Gasteiger partial charge in [-0.05, 0) is 31.6 Å². The molecule has 0 aromatic heterocycles. The van der Waals surface area contributed by atoms with Crippen molar-refractivity contribution in [2.45, 2.75) is 51.4 Å². The van der Waals surface area contributed by atoms with Gasteiger partial charge in [-0.3, -0.25) is 4.79 Å². The third-order valence-corrected chi connectivity index (χ3v) is 4.04. The van der Waals surface area contributed by atoms with Crippen LogP contribution in [0.15, 0.2) is 0 Å². The van der Waals surface area contributed by atoms with Crippen molar-refractivity contribution >= 4 is 5.91 Å². The number of hydrogen-bond acceptors (Lipinski definition) is 1. The molecule has 2 fully saturated rings. The second kappa shape index (κ2) is 4.91. The van der Waals surface area contributed by atoms with E-state index in [1.54, 1.807) is 0 Å². The highest BCUT2D eigenvalue weighted by Gasteiger charge is 2.39. The van der Waals surface area contributed by atoms with Gasteiger partial charge in [0, 0.05) is 31.8 Å². The van der Waals surface area contributed by atoms with Gasteiger partial charge in [-0.15, -0.1) is 0 Å². The second-order valence-corrected chi connectivity index (χ2v) is 5.66. The average molecular weight is 245 g/mol. The molecule has 2 aliphatic rings. The molecule has 1 saturated carbocycles. The van der Waals surface area contributed by atoms with Crippen LogP contribution >= 0.6 is 0 Å². The lowest BCUT2D eigenvalue weighted by Crippen LogP contribution is -2.44. The number of alkyl halides is 2. The number of carbonyl (C=O) groups is 1. The van der Waals surface area contributed by atoms with Crippen molar-refractivity contribution in [1.29, 1.82) is 0 Å². The monoisotopic (exact) mass is 245 g/mol. The Morgan fingerprint density at radius 2 is 1.88 bits per heavy atom. The van der Waals surface area contributed by atoms with Crippen molar-refractivity contribution in [1.82, 2.24) is 4.90 Å². The number of piperidine rings is 1. The topological polar surface area (TPSA) is 20.3 Å². The summed E-state index contributed by atoms with van der Waals surface area (Å²) in [6.07, 6.45) is 2.70. The Bertz CT molecular complexity index is 283. The predicted octanol–water partition coefficient (Wildman–Crippen LogP) is 3.07. The molecule has 17 heavy (non-hydrogen) atoms. The van der Waals surface area contributed by atoms with Gasteiger partial charge in [0.1, 0.15) is 0 Å². The molecule has 1 unspecified atom stereocenters. The summed E-state index contributed by atoms with van der Waals surface area (Å²) in [5.74, 6) is -2.02. The van der Waals surface area contributed by atoms with E-state index in [2.05, 4.69) is 6.92 Å². The normalized spacial score (nSPS) is 30.3. The zero-order valence-corrected chi connectivity index (χ0v) is 10.4. The zero-order chi connectivity index (χ0) is 12.5. The minimum absolute atomic E-state index is 0.118. The van der Waals surface area contributed by atoms with Crippen LogP contribution in [0.2, 0.25) is 0 Å². The van der Waals surface area contributed by atoms with Gasteiger partial charge >= 0.3 is 0 Å². The maximum Gasteiger partial charge on any atom is 0.248 e. The van der Waals surface area contributed by atoms with Gasteiger partial charge in [0.2, 0.25) is 11.8 Å². The number of likely N-dealkylation sites (tertiary alicyclic amines) is 1. The Hall–Kier alpha value is -0.670. The smallest absolute Gasteiger partial charge is 0.248 e. The first-order valence-corrected chi connectivity index (χ1v) is 6.64. The number of nitrogens with zero attached hydrogens (tertiary/aromatic N) is 1. The van der Waals surface area contributed by atoms with Crippen LogP contribution in [0.4, 0.5) is 8.78 Å². The number of halogens is 2. The van der Waals surface area contributed by atoms with E-state index >= 15 is 0 Å². The van der Waals surface area contributed by atoms with Crippen molar-refractivity contribution in [2.24, 2.45) is 11.8 Å². The highest BCUT2D eigenvalue weighted by molar-refractivity contribution is 5.79. The van der Waals surface area contributed by atoms with E-state index < -0.39 is 5.92 Å². The maximum absolute atomic E-state index is 13.0.